The second-order valence-electron chi connectivity index (χ2n) is 5.63. The van der Waals surface area contributed by atoms with Crippen molar-refractivity contribution < 1.29 is 0 Å². The number of rotatable bonds is 4. The second-order valence-corrected chi connectivity index (χ2v) is 5.63. The highest BCUT2D eigenvalue weighted by Gasteiger charge is 2.07. The van der Waals surface area contributed by atoms with Crippen LogP contribution in [0.15, 0.2) is 67.0 Å². The van der Waals surface area contributed by atoms with Gasteiger partial charge in [0.1, 0.15) is 5.82 Å². The minimum atomic E-state index is 0.448. The summed E-state index contributed by atoms with van der Waals surface area (Å²) in [6, 6.07) is 19.3. The van der Waals surface area contributed by atoms with Crippen molar-refractivity contribution in [2.75, 3.05) is 0 Å². The molecule has 0 aliphatic carbocycles. The Balaban J connectivity index is 1.80. The lowest BCUT2D eigenvalue weighted by Crippen LogP contribution is -2.05. The number of aromatic nitrogens is 2. The summed E-state index contributed by atoms with van der Waals surface area (Å²) in [5, 5.41) is 0. The van der Waals surface area contributed by atoms with E-state index in [2.05, 4.69) is 78.1 Å². The first-order valence-electron chi connectivity index (χ1n) is 7.39. The highest BCUT2D eigenvalue weighted by molar-refractivity contribution is 5.63. The maximum absolute atomic E-state index is 4.44. The lowest BCUT2D eigenvalue weighted by molar-refractivity contribution is 0.670. The van der Waals surface area contributed by atoms with E-state index in [4.69, 9.17) is 0 Å². The monoisotopic (exact) mass is 276 g/mol. The molecule has 0 N–H and O–H groups in total. The van der Waals surface area contributed by atoms with Gasteiger partial charge in [0.2, 0.25) is 0 Å². The fourth-order valence-corrected chi connectivity index (χ4v) is 2.59. The molecule has 0 radical (unpaired) electrons. The largest absolute Gasteiger partial charge is 0.330 e. The van der Waals surface area contributed by atoms with Gasteiger partial charge in [0.25, 0.3) is 0 Å². The zero-order valence-electron chi connectivity index (χ0n) is 12.5. The topological polar surface area (TPSA) is 17.8 Å². The summed E-state index contributed by atoms with van der Waals surface area (Å²) in [7, 11) is 0. The summed E-state index contributed by atoms with van der Waals surface area (Å²) in [6.45, 7) is 5.23. The molecule has 106 valence electrons. The average molecular weight is 276 g/mol. The Labute approximate surface area is 126 Å². The molecule has 0 unspecified atom stereocenters. The third kappa shape index (κ3) is 3.05. The predicted octanol–water partition coefficient (Wildman–Crippen LogP) is 4.72. The minimum Gasteiger partial charge on any atom is -0.330 e. The Bertz CT molecular complexity index is 694. The van der Waals surface area contributed by atoms with E-state index in [0.29, 0.717) is 5.92 Å². The van der Waals surface area contributed by atoms with Gasteiger partial charge in [-0.1, -0.05) is 68.4 Å². The van der Waals surface area contributed by atoms with Crippen LogP contribution in [0.4, 0.5) is 0 Å². The number of hydrogen-bond acceptors (Lipinski definition) is 1. The fraction of sp³-hybridized carbons (Fsp3) is 0.211. The molecular formula is C19H20N2. The maximum Gasteiger partial charge on any atom is 0.111 e. The van der Waals surface area contributed by atoms with Crippen LogP contribution in [-0.2, 0) is 6.54 Å². The van der Waals surface area contributed by atoms with Gasteiger partial charge in [0, 0.05) is 24.9 Å². The van der Waals surface area contributed by atoms with Crippen molar-refractivity contribution in [2.24, 2.45) is 0 Å². The predicted molar refractivity (Wildman–Crippen MR) is 87.3 cm³/mol. The van der Waals surface area contributed by atoms with Crippen LogP contribution in [0.1, 0.15) is 31.2 Å². The molecule has 1 heterocycles. The van der Waals surface area contributed by atoms with Crippen molar-refractivity contribution >= 4 is 0 Å². The molecule has 3 aromatic rings. The van der Waals surface area contributed by atoms with Crippen LogP contribution in [0.5, 0.6) is 0 Å². The van der Waals surface area contributed by atoms with Crippen LogP contribution in [-0.4, -0.2) is 9.55 Å². The Morgan fingerprint density at radius 1 is 0.905 bits per heavy atom. The second kappa shape index (κ2) is 5.96. The van der Waals surface area contributed by atoms with Gasteiger partial charge in [-0.15, -0.1) is 0 Å². The summed E-state index contributed by atoms with van der Waals surface area (Å²) in [5.74, 6) is 1.59. The Kier molecular flexibility index (Phi) is 3.87. The van der Waals surface area contributed by atoms with E-state index in [1.165, 1.54) is 16.7 Å². The van der Waals surface area contributed by atoms with E-state index in [-0.39, 0.29) is 0 Å². The SMILES string of the molecule is CC(C)c1nccn1Cc1ccc(-c2ccccc2)cc1. The Morgan fingerprint density at radius 3 is 2.24 bits per heavy atom. The first-order valence-corrected chi connectivity index (χ1v) is 7.39. The van der Waals surface area contributed by atoms with Gasteiger partial charge >= 0.3 is 0 Å². The van der Waals surface area contributed by atoms with Gasteiger partial charge < -0.3 is 4.57 Å². The molecule has 0 aliphatic rings. The van der Waals surface area contributed by atoms with E-state index < -0.39 is 0 Å². The molecule has 2 nitrogen and oxygen atoms in total. The van der Waals surface area contributed by atoms with Gasteiger partial charge in [-0.2, -0.15) is 0 Å². The Hall–Kier alpha value is -2.35. The molecule has 0 bridgehead atoms. The fourth-order valence-electron chi connectivity index (χ4n) is 2.59. The quantitative estimate of drug-likeness (QED) is 0.674. The number of imidazole rings is 1. The molecule has 21 heavy (non-hydrogen) atoms. The summed E-state index contributed by atoms with van der Waals surface area (Å²) >= 11 is 0. The molecule has 0 fully saturated rings. The average Bonchev–Trinajstić information content (AvgIpc) is 2.97. The molecule has 0 saturated carbocycles. The molecule has 0 saturated heterocycles. The van der Waals surface area contributed by atoms with E-state index in [9.17, 15) is 0 Å². The Morgan fingerprint density at radius 2 is 1.57 bits per heavy atom. The first kappa shape index (κ1) is 13.6. The highest BCUT2D eigenvalue weighted by atomic mass is 15.1. The van der Waals surface area contributed by atoms with Crippen LogP contribution in [0, 0.1) is 0 Å². The molecule has 2 heteroatoms. The van der Waals surface area contributed by atoms with Crippen LogP contribution in [0.2, 0.25) is 0 Å². The molecule has 2 aromatic carbocycles. The van der Waals surface area contributed by atoms with Gasteiger partial charge in [0.05, 0.1) is 0 Å². The van der Waals surface area contributed by atoms with Gasteiger partial charge in [-0.3, -0.25) is 0 Å². The van der Waals surface area contributed by atoms with Crippen molar-refractivity contribution in [3.8, 4) is 11.1 Å². The van der Waals surface area contributed by atoms with Crippen molar-refractivity contribution in [1.29, 1.82) is 0 Å². The molecule has 0 atom stereocenters. The standard InChI is InChI=1S/C19H20N2/c1-15(2)19-20-12-13-21(19)14-16-8-10-18(11-9-16)17-6-4-3-5-7-17/h3-13,15H,14H2,1-2H3. The van der Waals surface area contributed by atoms with Crippen molar-refractivity contribution in [1.82, 2.24) is 9.55 Å². The van der Waals surface area contributed by atoms with Gasteiger partial charge in [-0.25, -0.2) is 4.98 Å². The molecule has 0 aliphatic heterocycles. The van der Waals surface area contributed by atoms with E-state index >= 15 is 0 Å². The van der Waals surface area contributed by atoms with Crippen molar-refractivity contribution in [3.63, 3.8) is 0 Å². The van der Waals surface area contributed by atoms with E-state index in [1.54, 1.807) is 0 Å². The summed E-state index contributed by atoms with van der Waals surface area (Å²) in [6.07, 6.45) is 3.94. The summed E-state index contributed by atoms with van der Waals surface area (Å²) in [4.78, 5) is 4.44. The number of hydrogen-bond donors (Lipinski definition) is 0. The highest BCUT2D eigenvalue weighted by Crippen LogP contribution is 2.20. The minimum absolute atomic E-state index is 0.448. The van der Waals surface area contributed by atoms with Crippen LogP contribution in [0.3, 0.4) is 0 Å². The van der Waals surface area contributed by atoms with Crippen molar-refractivity contribution in [3.05, 3.63) is 78.4 Å². The van der Waals surface area contributed by atoms with Gasteiger partial charge in [-0.05, 0) is 16.7 Å². The lowest BCUT2D eigenvalue weighted by atomic mass is 10.0. The molecule has 0 spiro atoms. The summed E-state index contributed by atoms with van der Waals surface area (Å²) in [5.41, 5.74) is 3.82. The zero-order chi connectivity index (χ0) is 14.7. The molecule has 0 amide bonds. The third-order valence-corrected chi connectivity index (χ3v) is 3.68. The molecular weight excluding hydrogens is 256 g/mol. The maximum atomic E-state index is 4.44. The normalized spacial score (nSPS) is 11.0. The van der Waals surface area contributed by atoms with Crippen LogP contribution in [0.25, 0.3) is 11.1 Å². The van der Waals surface area contributed by atoms with E-state index in [1.807, 2.05) is 12.3 Å². The zero-order valence-corrected chi connectivity index (χ0v) is 12.5. The molecule has 3 rings (SSSR count). The van der Waals surface area contributed by atoms with Crippen LogP contribution < -0.4 is 0 Å². The van der Waals surface area contributed by atoms with Gasteiger partial charge in [0.15, 0.2) is 0 Å². The third-order valence-electron chi connectivity index (χ3n) is 3.68. The molecule has 1 aromatic heterocycles. The van der Waals surface area contributed by atoms with E-state index in [0.717, 1.165) is 12.4 Å². The lowest BCUT2D eigenvalue weighted by Gasteiger charge is -2.11. The number of nitrogens with zero attached hydrogens (tertiary/aromatic N) is 2. The van der Waals surface area contributed by atoms with Crippen molar-refractivity contribution in [2.45, 2.75) is 26.3 Å². The first-order chi connectivity index (χ1) is 10.2. The van der Waals surface area contributed by atoms with Crippen LogP contribution >= 0.6 is 0 Å². The smallest absolute Gasteiger partial charge is 0.111 e. The number of benzene rings is 2. The summed E-state index contributed by atoms with van der Waals surface area (Å²) < 4.78 is 2.22.